The van der Waals surface area contributed by atoms with Crippen molar-refractivity contribution in [1.82, 2.24) is 0 Å². The van der Waals surface area contributed by atoms with Crippen LogP contribution in [0.25, 0.3) is 11.1 Å². The van der Waals surface area contributed by atoms with Crippen molar-refractivity contribution in [1.29, 1.82) is 0 Å². The van der Waals surface area contributed by atoms with Crippen LogP contribution in [-0.4, -0.2) is 5.11 Å². The number of benzene rings is 2. The van der Waals surface area contributed by atoms with Crippen molar-refractivity contribution in [2.24, 2.45) is 5.41 Å². The molecule has 2 aromatic carbocycles. The van der Waals surface area contributed by atoms with Crippen LogP contribution in [0.15, 0.2) is 36.4 Å². The minimum Gasteiger partial charge on any atom is -0.503 e. The summed E-state index contributed by atoms with van der Waals surface area (Å²) in [6.45, 7) is 6.27. The van der Waals surface area contributed by atoms with Gasteiger partial charge >= 0.3 is 0 Å². The number of phenols is 1. The summed E-state index contributed by atoms with van der Waals surface area (Å²) >= 11 is 0. The van der Waals surface area contributed by atoms with Crippen molar-refractivity contribution in [3.8, 4) is 16.9 Å². The standard InChI is InChI=1S/C25H30F2O.C2H6/c1-2-3-4-9-24-10-13-25(14-11-24,15-12-24)20-7-5-18(6-8-20)19-16-21(26)23(28)22(27)17-19;1-2/h5-8,16-17,28H,2-4,9-15H2,1H3;1-2H3. The summed E-state index contributed by atoms with van der Waals surface area (Å²) in [5.41, 5.74) is 3.49. The second kappa shape index (κ2) is 9.49. The highest BCUT2D eigenvalue weighted by Gasteiger charge is 2.48. The first-order valence-corrected chi connectivity index (χ1v) is 11.8. The fourth-order valence-corrected chi connectivity index (χ4v) is 5.57. The molecule has 3 aliphatic carbocycles. The number of halogens is 2. The molecule has 164 valence electrons. The van der Waals surface area contributed by atoms with E-state index in [0.29, 0.717) is 11.0 Å². The van der Waals surface area contributed by atoms with Gasteiger partial charge in [0.15, 0.2) is 17.4 Å². The van der Waals surface area contributed by atoms with E-state index in [-0.39, 0.29) is 5.41 Å². The van der Waals surface area contributed by atoms with Crippen LogP contribution in [0.2, 0.25) is 0 Å². The van der Waals surface area contributed by atoms with Crippen LogP contribution < -0.4 is 0 Å². The number of rotatable bonds is 6. The lowest BCUT2D eigenvalue weighted by Gasteiger charge is -2.54. The number of phenolic OH excluding ortho intramolecular Hbond substituents is 1. The molecular weight excluding hydrogens is 378 g/mol. The summed E-state index contributed by atoms with van der Waals surface area (Å²) < 4.78 is 27.3. The van der Waals surface area contributed by atoms with Gasteiger partial charge in [0.05, 0.1) is 0 Å². The van der Waals surface area contributed by atoms with E-state index in [1.54, 1.807) is 0 Å². The van der Waals surface area contributed by atoms with Gasteiger partial charge in [0.1, 0.15) is 0 Å². The lowest BCUT2D eigenvalue weighted by molar-refractivity contribution is 0.0305. The predicted octanol–water partition coefficient (Wildman–Crippen LogP) is 8.54. The minimum atomic E-state index is -0.920. The maximum atomic E-state index is 13.7. The molecule has 0 heterocycles. The maximum Gasteiger partial charge on any atom is 0.187 e. The highest BCUT2D eigenvalue weighted by Crippen LogP contribution is 2.59. The third-order valence-corrected chi connectivity index (χ3v) is 7.56. The van der Waals surface area contributed by atoms with Crippen LogP contribution in [0.1, 0.15) is 90.5 Å². The molecule has 3 fully saturated rings. The summed E-state index contributed by atoms with van der Waals surface area (Å²) in [6, 6.07) is 10.6. The quantitative estimate of drug-likeness (QED) is 0.470. The highest BCUT2D eigenvalue weighted by molar-refractivity contribution is 5.65. The zero-order valence-electron chi connectivity index (χ0n) is 18.7. The van der Waals surface area contributed by atoms with Crippen LogP contribution in [0, 0.1) is 17.0 Å². The molecule has 3 saturated carbocycles. The third-order valence-electron chi connectivity index (χ3n) is 7.56. The van der Waals surface area contributed by atoms with Gasteiger partial charge in [0.2, 0.25) is 0 Å². The van der Waals surface area contributed by atoms with E-state index in [0.717, 1.165) is 5.56 Å². The highest BCUT2D eigenvalue weighted by atomic mass is 19.1. The van der Waals surface area contributed by atoms with Crippen molar-refractivity contribution < 1.29 is 13.9 Å². The molecule has 2 bridgehead atoms. The molecule has 0 radical (unpaired) electrons. The van der Waals surface area contributed by atoms with Gasteiger partial charge in [-0.2, -0.15) is 0 Å². The molecule has 0 aromatic heterocycles. The average molecular weight is 415 g/mol. The Morgan fingerprint density at radius 2 is 1.33 bits per heavy atom. The number of aromatic hydroxyl groups is 1. The fraction of sp³-hybridized carbons (Fsp3) is 0.556. The largest absolute Gasteiger partial charge is 0.503 e. The summed E-state index contributed by atoms with van der Waals surface area (Å²) in [5, 5.41) is 9.30. The first kappa shape index (κ1) is 22.8. The smallest absolute Gasteiger partial charge is 0.187 e. The Labute approximate surface area is 180 Å². The SMILES string of the molecule is CC.CCCCCC12CCC(c3ccc(-c4cc(F)c(O)c(F)c4)cc3)(CC1)CC2. The zero-order valence-corrected chi connectivity index (χ0v) is 18.7. The van der Waals surface area contributed by atoms with E-state index < -0.39 is 17.4 Å². The lowest BCUT2D eigenvalue weighted by Crippen LogP contribution is -2.44. The topological polar surface area (TPSA) is 20.2 Å². The van der Waals surface area contributed by atoms with Gasteiger partial charge in [-0.3, -0.25) is 0 Å². The normalized spacial score (nSPS) is 25.0. The van der Waals surface area contributed by atoms with E-state index in [1.165, 1.54) is 81.9 Å². The van der Waals surface area contributed by atoms with Crippen LogP contribution in [0.3, 0.4) is 0 Å². The van der Waals surface area contributed by atoms with Gasteiger partial charge in [-0.1, -0.05) is 64.3 Å². The van der Waals surface area contributed by atoms with Crippen LogP contribution in [0.4, 0.5) is 8.78 Å². The van der Waals surface area contributed by atoms with Gasteiger partial charge in [-0.15, -0.1) is 0 Å². The molecule has 2 aromatic rings. The molecule has 5 rings (SSSR count). The Kier molecular flexibility index (Phi) is 7.21. The molecule has 0 aliphatic heterocycles. The van der Waals surface area contributed by atoms with Gasteiger partial charge < -0.3 is 5.11 Å². The second-order valence-corrected chi connectivity index (χ2v) is 9.10. The molecule has 3 aliphatic rings. The summed E-state index contributed by atoms with van der Waals surface area (Å²) in [5.74, 6) is -2.75. The van der Waals surface area contributed by atoms with Crippen molar-refractivity contribution in [2.45, 2.75) is 90.4 Å². The number of hydrogen-bond donors (Lipinski definition) is 1. The van der Waals surface area contributed by atoms with E-state index >= 15 is 0 Å². The monoisotopic (exact) mass is 414 g/mol. The number of fused-ring (bicyclic) bond motifs is 3. The fourth-order valence-electron chi connectivity index (χ4n) is 5.57. The van der Waals surface area contributed by atoms with E-state index in [4.69, 9.17) is 0 Å². The minimum absolute atomic E-state index is 0.288. The van der Waals surface area contributed by atoms with Gasteiger partial charge in [0.25, 0.3) is 0 Å². The van der Waals surface area contributed by atoms with Gasteiger partial charge in [0, 0.05) is 0 Å². The van der Waals surface area contributed by atoms with Crippen LogP contribution >= 0.6 is 0 Å². The number of hydrogen-bond acceptors (Lipinski definition) is 1. The van der Waals surface area contributed by atoms with Crippen molar-refractivity contribution in [2.75, 3.05) is 0 Å². The van der Waals surface area contributed by atoms with Gasteiger partial charge in [-0.05, 0) is 84.6 Å². The molecule has 1 N–H and O–H groups in total. The molecule has 30 heavy (non-hydrogen) atoms. The Morgan fingerprint density at radius 3 is 1.83 bits per heavy atom. The molecule has 3 heteroatoms. The van der Waals surface area contributed by atoms with E-state index in [1.807, 2.05) is 26.0 Å². The molecule has 0 amide bonds. The third kappa shape index (κ3) is 4.40. The molecule has 0 atom stereocenters. The summed E-state index contributed by atoms with van der Waals surface area (Å²) in [7, 11) is 0. The molecular formula is C27H36F2O. The zero-order chi connectivity index (χ0) is 21.8. The Balaban J connectivity index is 0.00000124. The molecule has 0 saturated heterocycles. The summed E-state index contributed by atoms with van der Waals surface area (Å²) in [4.78, 5) is 0. The van der Waals surface area contributed by atoms with Crippen molar-refractivity contribution in [3.63, 3.8) is 0 Å². The second-order valence-electron chi connectivity index (χ2n) is 9.10. The lowest BCUT2D eigenvalue weighted by atomic mass is 9.51. The molecule has 1 nitrogen and oxygen atoms in total. The Bertz CT molecular complexity index is 793. The van der Waals surface area contributed by atoms with E-state index in [9.17, 15) is 13.9 Å². The first-order valence-electron chi connectivity index (χ1n) is 11.8. The number of unbranched alkanes of at least 4 members (excludes halogenated alkanes) is 2. The predicted molar refractivity (Wildman–Crippen MR) is 121 cm³/mol. The van der Waals surface area contributed by atoms with Crippen LogP contribution in [0.5, 0.6) is 5.75 Å². The average Bonchev–Trinajstić information content (AvgIpc) is 2.80. The van der Waals surface area contributed by atoms with Crippen molar-refractivity contribution >= 4 is 0 Å². The van der Waals surface area contributed by atoms with Gasteiger partial charge in [-0.25, -0.2) is 8.78 Å². The van der Waals surface area contributed by atoms with Crippen LogP contribution in [-0.2, 0) is 5.41 Å². The first-order chi connectivity index (χ1) is 14.5. The Morgan fingerprint density at radius 1 is 0.800 bits per heavy atom. The van der Waals surface area contributed by atoms with E-state index in [2.05, 4.69) is 19.1 Å². The van der Waals surface area contributed by atoms with Crippen molar-refractivity contribution in [3.05, 3.63) is 53.6 Å². The summed E-state index contributed by atoms with van der Waals surface area (Å²) in [6.07, 6.45) is 13.2. The maximum absolute atomic E-state index is 13.7. The Hall–Kier alpha value is -1.90. The molecule has 0 unspecified atom stereocenters. The molecule has 0 spiro atoms.